The molecule has 4 rings (SSSR count). The van der Waals surface area contributed by atoms with Crippen LogP contribution in [0.4, 0.5) is 0 Å². The second-order valence-corrected chi connectivity index (χ2v) is 7.72. The summed E-state index contributed by atoms with van der Waals surface area (Å²) in [7, 11) is 1.24. The van der Waals surface area contributed by atoms with Crippen molar-refractivity contribution in [3.8, 4) is 5.75 Å². The fraction of sp³-hybridized carbons (Fsp3) is 0.400. The van der Waals surface area contributed by atoms with Crippen molar-refractivity contribution in [3.05, 3.63) is 53.3 Å². The highest BCUT2D eigenvalue weighted by Gasteiger charge is 2.52. The molecule has 26 heavy (non-hydrogen) atoms. The first-order valence-electron chi connectivity index (χ1n) is 8.85. The Morgan fingerprint density at radius 2 is 1.73 bits per heavy atom. The van der Waals surface area contributed by atoms with E-state index in [2.05, 4.69) is 38.7 Å². The number of aliphatic imine (C=N–C) groups is 1. The van der Waals surface area contributed by atoms with Gasteiger partial charge in [0.25, 0.3) is 0 Å². The zero-order valence-electron chi connectivity index (χ0n) is 15.9. The van der Waals surface area contributed by atoms with Crippen LogP contribution in [0.25, 0.3) is 0 Å². The highest BCUT2D eigenvalue weighted by Crippen LogP contribution is 2.36. The molecule has 0 atom stereocenters. The lowest BCUT2D eigenvalue weighted by molar-refractivity contribution is 0.00578. The Labute approximate surface area is 154 Å². The summed E-state index contributed by atoms with van der Waals surface area (Å²) in [4.78, 5) is 9.32. The van der Waals surface area contributed by atoms with E-state index in [9.17, 15) is 0 Å². The van der Waals surface area contributed by atoms with Crippen molar-refractivity contribution in [2.45, 2.75) is 45.4 Å². The SMILES string of the molecule is COc1ccccc1C1=NCc2ncc(B3OC(C)(C)C(C)(C)O3)cc21. The highest BCUT2D eigenvalue weighted by molar-refractivity contribution is 6.62. The molecule has 0 bridgehead atoms. The summed E-state index contributed by atoms with van der Waals surface area (Å²) >= 11 is 0. The van der Waals surface area contributed by atoms with Crippen LogP contribution in [0, 0.1) is 0 Å². The highest BCUT2D eigenvalue weighted by atomic mass is 16.7. The van der Waals surface area contributed by atoms with Crippen molar-refractivity contribution in [1.29, 1.82) is 0 Å². The summed E-state index contributed by atoms with van der Waals surface area (Å²) in [5.41, 5.74) is 4.01. The van der Waals surface area contributed by atoms with Gasteiger partial charge in [-0.2, -0.15) is 0 Å². The Morgan fingerprint density at radius 1 is 1.04 bits per heavy atom. The molecular formula is C20H23BN2O3. The molecule has 0 saturated carbocycles. The number of methoxy groups -OCH3 is 1. The Bertz CT molecular complexity index is 876. The number of nitrogens with zero attached hydrogens (tertiary/aromatic N) is 2. The second kappa shape index (κ2) is 5.93. The first kappa shape index (κ1) is 17.2. The maximum absolute atomic E-state index is 6.17. The Kier molecular flexibility index (Phi) is 3.93. The van der Waals surface area contributed by atoms with E-state index in [1.165, 1.54) is 0 Å². The number of hydrogen-bond acceptors (Lipinski definition) is 5. The third kappa shape index (κ3) is 2.64. The van der Waals surface area contributed by atoms with Gasteiger partial charge in [0, 0.05) is 22.8 Å². The topological polar surface area (TPSA) is 52.9 Å². The summed E-state index contributed by atoms with van der Waals surface area (Å²) < 4.78 is 17.8. The molecule has 1 fully saturated rings. The summed E-state index contributed by atoms with van der Waals surface area (Å²) in [5.74, 6) is 0.806. The van der Waals surface area contributed by atoms with Gasteiger partial charge in [0.2, 0.25) is 0 Å². The summed E-state index contributed by atoms with van der Waals surface area (Å²) in [6, 6.07) is 10.0. The standard InChI is InChI=1S/C20H23BN2O3/c1-19(2)20(3,4)26-21(25-19)13-10-15-16(22-11-13)12-23-18(15)14-8-6-7-9-17(14)24-5/h6-11H,12H2,1-5H3. The van der Waals surface area contributed by atoms with Crippen LogP contribution in [-0.2, 0) is 15.9 Å². The molecule has 1 aromatic heterocycles. The number of benzene rings is 1. The molecule has 6 heteroatoms. The minimum absolute atomic E-state index is 0.379. The van der Waals surface area contributed by atoms with Gasteiger partial charge < -0.3 is 14.0 Å². The van der Waals surface area contributed by atoms with E-state index in [1.54, 1.807) is 7.11 Å². The average Bonchev–Trinajstić information content (AvgIpc) is 3.12. The van der Waals surface area contributed by atoms with Gasteiger partial charge >= 0.3 is 7.12 Å². The fourth-order valence-electron chi connectivity index (χ4n) is 3.26. The van der Waals surface area contributed by atoms with E-state index in [-0.39, 0.29) is 11.2 Å². The second-order valence-electron chi connectivity index (χ2n) is 7.72. The van der Waals surface area contributed by atoms with E-state index in [0.29, 0.717) is 6.54 Å². The van der Waals surface area contributed by atoms with Crippen LogP contribution in [0.5, 0.6) is 5.75 Å². The molecule has 0 amide bonds. The number of para-hydroxylation sites is 1. The summed E-state index contributed by atoms with van der Waals surface area (Å²) in [5, 5.41) is 0. The predicted octanol–water partition coefficient (Wildman–Crippen LogP) is 2.74. The molecule has 2 aromatic rings. The Hall–Kier alpha value is -2.18. The Morgan fingerprint density at radius 3 is 2.42 bits per heavy atom. The van der Waals surface area contributed by atoms with Gasteiger partial charge in [-0.25, -0.2) is 0 Å². The first-order valence-corrected chi connectivity index (χ1v) is 8.85. The lowest BCUT2D eigenvalue weighted by atomic mass is 9.79. The zero-order valence-corrected chi connectivity index (χ0v) is 15.9. The number of aromatic nitrogens is 1. The first-order chi connectivity index (χ1) is 12.3. The fourth-order valence-corrected chi connectivity index (χ4v) is 3.26. The van der Waals surface area contributed by atoms with Crippen molar-refractivity contribution in [1.82, 2.24) is 4.98 Å². The van der Waals surface area contributed by atoms with Crippen LogP contribution in [0.1, 0.15) is 44.5 Å². The van der Waals surface area contributed by atoms with Crippen LogP contribution in [0.15, 0.2) is 41.5 Å². The quantitative estimate of drug-likeness (QED) is 0.799. The maximum Gasteiger partial charge on any atom is 0.496 e. The number of hydrogen-bond donors (Lipinski definition) is 0. The van der Waals surface area contributed by atoms with Gasteiger partial charge in [0.1, 0.15) is 5.75 Å². The van der Waals surface area contributed by atoms with Gasteiger partial charge in [-0.3, -0.25) is 9.98 Å². The molecule has 1 saturated heterocycles. The minimum Gasteiger partial charge on any atom is -0.496 e. The van der Waals surface area contributed by atoms with Crippen LogP contribution < -0.4 is 10.2 Å². The van der Waals surface area contributed by atoms with Gasteiger partial charge in [-0.15, -0.1) is 0 Å². The van der Waals surface area contributed by atoms with Crippen molar-refractivity contribution < 1.29 is 14.0 Å². The van der Waals surface area contributed by atoms with E-state index >= 15 is 0 Å². The molecule has 0 spiro atoms. The van der Waals surface area contributed by atoms with Crippen molar-refractivity contribution in [2.24, 2.45) is 4.99 Å². The summed E-state index contributed by atoms with van der Waals surface area (Å²) in [6.45, 7) is 8.78. The van der Waals surface area contributed by atoms with Crippen molar-refractivity contribution in [2.75, 3.05) is 7.11 Å². The molecule has 0 radical (unpaired) electrons. The van der Waals surface area contributed by atoms with Gasteiger partial charge in [-0.05, 0) is 45.9 Å². The molecule has 3 heterocycles. The van der Waals surface area contributed by atoms with Crippen molar-refractivity contribution >= 4 is 18.3 Å². The minimum atomic E-state index is -0.433. The normalized spacial score (nSPS) is 20.0. The molecule has 2 aliphatic rings. The van der Waals surface area contributed by atoms with Gasteiger partial charge in [0.15, 0.2) is 0 Å². The lowest BCUT2D eigenvalue weighted by Crippen LogP contribution is -2.41. The summed E-state index contributed by atoms with van der Waals surface area (Å²) in [6.07, 6.45) is 1.83. The molecular weight excluding hydrogens is 327 g/mol. The van der Waals surface area contributed by atoms with Crippen LogP contribution in [0.2, 0.25) is 0 Å². The molecule has 5 nitrogen and oxygen atoms in total. The lowest BCUT2D eigenvalue weighted by Gasteiger charge is -2.32. The number of ether oxygens (including phenoxy) is 1. The number of rotatable bonds is 3. The van der Waals surface area contributed by atoms with E-state index in [0.717, 1.165) is 33.7 Å². The molecule has 0 unspecified atom stereocenters. The van der Waals surface area contributed by atoms with E-state index in [1.807, 2.05) is 30.5 Å². The average molecular weight is 350 g/mol. The Balaban J connectivity index is 1.71. The van der Waals surface area contributed by atoms with Gasteiger partial charge in [0.05, 0.1) is 36.3 Å². The largest absolute Gasteiger partial charge is 0.496 e. The third-order valence-electron chi connectivity index (χ3n) is 5.52. The molecule has 0 N–H and O–H groups in total. The van der Waals surface area contributed by atoms with Crippen LogP contribution in [-0.4, -0.2) is 36.1 Å². The zero-order chi connectivity index (χ0) is 18.5. The number of fused-ring (bicyclic) bond motifs is 1. The molecule has 2 aliphatic heterocycles. The number of pyridine rings is 1. The predicted molar refractivity (Wildman–Crippen MR) is 102 cm³/mol. The van der Waals surface area contributed by atoms with E-state index < -0.39 is 7.12 Å². The van der Waals surface area contributed by atoms with Crippen LogP contribution in [0.3, 0.4) is 0 Å². The smallest absolute Gasteiger partial charge is 0.496 e. The van der Waals surface area contributed by atoms with E-state index in [4.69, 9.17) is 19.0 Å². The van der Waals surface area contributed by atoms with Crippen molar-refractivity contribution in [3.63, 3.8) is 0 Å². The third-order valence-corrected chi connectivity index (χ3v) is 5.52. The maximum atomic E-state index is 6.17. The van der Waals surface area contributed by atoms with Gasteiger partial charge in [-0.1, -0.05) is 12.1 Å². The molecule has 0 aliphatic carbocycles. The van der Waals surface area contributed by atoms with Crippen LogP contribution >= 0.6 is 0 Å². The molecule has 134 valence electrons. The molecule has 1 aromatic carbocycles. The monoisotopic (exact) mass is 350 g/mol.